The van der Waals surface area contributed by atoms with Crippen molar-refractivity contribution in [3.63, 3.8) is 0 Å². The number of carbonyl (C=O) groups is 3. The van der Waals surface area contributed by atoms with Crippen molar-refractivity contribution in [1.29, 1.82) is 0 Å². The smallest absolute Gasteiger partial charge is 0.414 e. The van der Waals surface area contributed by atoms with Crippen LogP contribution < -0.4 is 25.3 Å². The molecule has 4 N–H and O–H groups in total. The predicted molar refractivity (Wildman–Crippen MR) is 158 cm³/mol. The number of anilines is 2. The number of benzene rings is 2. The number of pyridine rings is 1. The number of nitrogens with one attached hydrogen (secondary N) is 2. The minimum absolute atomic E-state index is 0.0144. The van der Waals surface area contributed by atoms with Crippen LogP contribution >= 0.6 is 0 Å². The van der Waals surface area contributed by atoms with E-state index in [4.69, 9.17) is 9.47 Å². The summed E-state index contributed by atoms with van der Waals surface area (Å²) in [7, 11) is 0. The van der Waals surface area contributed by atoms with Crippen molar-refractivity contribution < 1.29 is 42.9 Å². The zero-order valence-electron chi connectivity index (χ0n) is 24.4. The van der Waals surface area contributed by atoms with Crippen molar-refractivity contribution >= 4 is 40.2 Å². The van der Waals surface area contributed by atoms with E-state index >= 15 is 4.39 Å². The van der Waals surface area contributed by atoms with Crippen molar-refractivity contribution in [3.8, 4) is 5.75 Å². The standard InChI is InChI=1S/C31H32F2N4O8/c1-16(38)34-12-19-14-37(30(42)45-19)18-4-5-24(22(32)10-18)44-15-31(43)6-8-36(9-7-31)27-23(33)11-20-26(25(27)17-2-3-17)35-13-21(28(20)39)29(40)41/h4-5,10-11,13,17,19,43H,2-3,6-9,12,14-15H2,1H3,(H,34,38)(H,35,39)(H,40,41)/t19-/m0/s1. The number of fused-ring (bicyclic) bond motifs is 1. The molecule has 3 aromatic rings. The predicted octanol–water partition coefficient (Wildman–Crippen LogP) is 3.25. The van der Waals surface area contributed by atoms with Gasteiger partial charge in [-0.15, -0.1) is 0 Å². The Morgan fingerprint density at radius 2 is 1.89 bits per heavy atom. The molecule has 12 nitrogen and oxygen atoms in total. The Kier molecular flexibility index (Phi) is 7.85. The van der Waals surface area contributed by atoms with Gasteiger partial charge in [0.2, 0.25) is 11.3 Å². The molecular weight excluding hydrogens is 594 g/mol. The Morgan fingerprint density at radius 3 is 2.53 bits per heavy atom. The number of aromatic carboxylic acids is 1. The van der Waals surface area contributed by atoms with Crippen LogP contribution in [0.4, 0.5) is 25.0 Å². The van der Waals surface area contributed by atoms with Gasteiger partial charge >= 0.3 is 12.1 Å². The lowest BCUT2D eigenvalue weighted by Gasteiger charge is -2.40. The zero-order chi connectivity index (χ0) is 32.0. The van der Waals surface area contributed by atoms with Crippen LogP contribution in [0.2, 0.25) is 0 Å². The molecule has 14 heteroatoms. The summed E-state index contributed by atoms with van der Waals surface area (Å²) >= 11 is 0. The summed E-state index contributed by atoms with van der Waals surface area (Å²) in [6, 6.07) is 5.07. The minimum Gasteiger partial charge on any atom is -0.488 e. The minimum atomic E-state index is -1.39. The number of hydrogen-bond donors (Lipinski definition) is 4. The zero-order valence-corrected chi connectivity index (χ0v) is 24.4. The average molecular weight is 627 g/mol. The van der Waals surface area contributed by atoms with E-state index in [1.165, 1.54) is 24.0 Å². The van der Waals surface area contributed by atoms with Crippen LogP contribution in [0, 0.1) is 11.6 Å². The summed E-state index contributed by atoms with van der Waals surface area (Å²) < 4.78 is 41.5. The SMILES string of the molecule is CC(=O)NC[C@H]1CN(c2ccc(OCC3(O)CCN(c4c(F)cc5c(=O)c(C(=O)O)c[nH]c5c4C4CC4)CC3)c(F)c2)C(=O)O1. The molecule has 3 fully saturated rings. The summed E-state index contributed by atoms with van der Waals surface area (Å²) in [6.07, 6.45) is 1.90. The van der Waals surface area contributed by atoms with Gasteiger partial charge in [-0.25, -0.2) is 18.4 Å². The lowest BCUT2D eigenvalue weighted by molar-refractivity contribution is -0.119. The molecule has 2 amide bonds. The summed E-state index contributed by atoms with van der Waals surface area (Å²) in [5.41, 5.74) is -0.907. The highest BCUT2D eigenvalue weighted by atomic mass is 19.1. The second kappa shape index (κ2) is 11.7. The third-order valence-electron chi connectivity index (χ3n) is 8.54. The Balaban J connectivity index is 1.12. The van der Waals surface area contributed by atoms with Crippen molar-refractivity contribution in [2.75, 3.05) is 42.6 Å². The Morgan fingerprint density at radius 1 is 1.16 bits per heavy atom. The van der Waals surface area contributed by atoms with E-state index in [2.05, 4.69) is 10.3 Å². The topological polar surface area (TPSA) is 162 Å². The van der Waals surface area contributed by atoms with Crippen LogP contribution in [0.25, 0.3) is 10.9 Å². The van der Waals surface area contributed by atoms with Crippen LogP contribution in [-0.4, -0.2) is 77.7 Å². The molecule has 3 heterocycles. The van der Waals surface area contributed by atoms with Gasteiger partial charge in [0, 0.05) is 43.2 Å². The van der Waals surface area contributed by atoms with E-state index in [9.17, 15) is 33.8 Å². The summed E-state index contributed by atoms with van der Waals surface area (Å²) in [5.74, 6) is -3.12. The number of piperidine rings is 1. The number of aromatic amines is 1. The molecule has 2 saturated heterocycles. The van der Waals surface area contributed by atoms with Crippen LogP contribution in [0.5, 0.6) is 5.75 Å². The van der Waals surface area contributed by atoms with Crippen LogP contribution in [0.3, 0.4) is 0 Å². The molecule has 3 aliphatic rings. The molecule has 0 spiro atoms. The molecule has 2 aromatic carbocycles. The van der Waals surface area contributed by atoms with Gasteiger partial charge in [0.1, 0.15) is 29.7 Å². The molecule has 45 heavy (non-hydrogen) atoms. The highest BCUT2D eigenvalue weighted by molar-refractivity contribution is 5.95. The molecule has 1 atom stereocenters. The van der Waals surface area contributed by atoms with Crippen molar-refractivity contribution in [2.45, 2.75) is 50.2 Å². The van der Waals surface area contributed by atoms with Gasteiger partial charge in [-0.2, -0.15) is 0 Å². The van der Waals surface area contributed by atoms with Crippen molar-refractivity contribution in [1.82, 2.24) is 10.3 Å². The highest BCUT2D eigenvalue weighted by Crippen LogP contribution is 2.48. The molecule has 1 aromatic heterocycles. The Hall–Kier alpha value is -4.72. The first-order valence-electron chi connectivity index (χ1n) is 14.7. The average Bonchev–Trinajstić information content (AvgIpc) is 3.77. The number of amides is 2. The molecule has 0 unspecified atom stereocenters. The normalized spacial score (nSPS) is 19.5. The fraction of sp³-hybridized carbons (Fsp3) is 0.419. The largest absolute Gasteiger partial charge is 0.488 e. The fourth-order valence-electron chi connectivity index (χ4n) is 5.97. The molecule has 0 radical (unpaired) electrons. The maximum absolute atomic E-state index is 15.6. The van der Waals surface area contributed by atoms with Crippen LogP contribution in [0.1, 0.15) is 54.4 Å². The number of nitrogens with zero attached hydrogens (tertiary/aromatic N) is 2. The molecule has 0 bridgehead atoms. The Bertz CT molecular complexity index is 1750. The molecule has 6 rings (SSSR count). The molecule has 238 valence electrons. The first-order valence-corrected chi connectivity index (χ1v) is 14.7. The maximum Gasteiger partial charge on any atom is 0.414 e. The lowest BCUT2D eigenvalue weighted by Crippen LogP contribution is -2.48. The van der Waals surface area contributed by atoms with E-state index < -0.39 is 46.4 Å². The number of aromatic nitrogens is 1. The number of rotatable bonds is 9. The number of carboxylic acid groups (broad SMARTS) is 1. The second-order valence-corrected chi connectivity index (χ2v) is 11.8. The van der Waals surface area contributed by atoms with Gasteiger partial charge in [0.05, 0.1) is 30.0 Å². The van der Waals surface area contributed by atoms with E-state index in [0.717, 1.165) is 31.2 Å². The molecule has 1 saturated carbocycles. The fourth-order valence-corrected chi connectivity index (χ4v) is 5.97. The van der Waals surface area contributed by atoms with Gasteiger partial charge in [-0.3, -0.25) is 14.5 Å². The van der Waals surface area contributed by atoms with Crippen molar-refractivity contribution in [3.05, 3.63) is 63.4 Å². The summed E-state index contributed by atoms with van der Waals surface area (Å²) in [4.78, 5) is 53.6. The van der Waals surface area contributed by atoms with Gasteiger partial charge in [0.15, 0.2) is 11.6 Å². The van der Waals surface area contributed by atoms with Crippen molar-refractivity contribution in [2.24, 2.45) is 0 Å². The number of halogens is 2. The highest BCUT2D eigenvalue weighted by Gasteiger charge is 2.38. The number of aliphatic hydroxyl groups is 1. The van der Waals surface area contributed by atoms with E-state index in [-0.39, 0.29) is 74.3 Å². The van der Waals surface area contributed by atoms with Gasteiger partial charge in [0.25, 0.3) is 0 Å². The van der Waals surface area contributed by atoms with E-state index in [0.29, 0.717) is 16.8 Å². The number of carbonyl (C=O) groups excluding carboxylic acids is 2. The van der Waals surface area contributed by atoms with E-state index in [1.54, 1.807) is 0 Å². The summed E-state index contributed by atoms with van der Waals surface area (Å²) in [6.45, 7) is 1.93. The lowest BCUT2D eigenvalue weighted by atomic mass is 9.91. The number of ether oxygens (including phenoxy) is 2. The third-order valence-corrected chi connectivity index (χ3v) is 8.54. The third kappa shape index (κ3) is 6.01. The second-order valence-electron chi connectivity index (χ2n) is 11.8. The number of H-pyrrole nitrogens is 1. The van der Waals surface area contributed by atoms with Crippen LogP contribution in [0.15, 0.2) is 35.3 Å². The van der Waals surface area contributed by atoms with Gasteiger partial charge < -0.3 is 34.9 Å². The maximum atomic E-state index is 15.6. The first-order chi connectivity index (χ1) is 21.4. The monoisotopic (exact) mass is 626 g/mol. The Labute approximate surface area is 255 Å². The molecular formula is C31H32F2N4O8. The number of carboxylic acids is 1. The molecule has 2 aliphatic heterocycles. The van der Waals surface area contributed by atoms with E-state index in [1.807, 2.05) is 4.90 Å². The number of hydrogen-bond acceptors (Lipinski definition) is 8. The molecule has 1 aliphatic carbocycles. The number of cyclic esters (lactones) is 1. The first kappa shape index (κ1) is 30.3. The summed E-state index contributed by atoms with van der Waals surface area (Å²) in [5, 5.41) is 23.1. The van der Waals surface area contributed by atoms with Crippen LogP contribution in [-0.2, 0) is 9.53 Å². The quantitative estimate of drug-likeness (QED) is 0.279. The van der Waals surface area contributed by atoms with Gasteiger partial charge in [-0.05, 0) is 49.8 Å². The van der Waals surface area contributed by atoms with Gasteiger partial charge in [-0.1, -0.05) is 0 Å².